The lowest BCUT2D eigenvalue weighted by molar-refractivity contribution is -0.126. The Morgan fingerprint density at radius 3 is 2.55 bits per heavy atom. The van der Waals surface area contributed by atoms with Crippen LogP contribution in [0, 0.1) is 12.8 Å². The van der Waals surface area contributed by atoms with Crippen LogP contribution in [0.2, 0.25) is 0 Å². The van der Waals surface area contributed by atoms with Gasteiger partial charge in [-0.3, -0.25) is 9.69 Å². The minimum absolute atomic E-state index is 0.0858. The van der Waals surface area contributed by atoms with Crippen LogP contribution in [0.3, 0.4) is 0 Å². The molecule has 2 aliphatic rings. The fourth-order valence-corrected chi connectivity index (χ4v) is 5.95. The molecule has 0 radical (unpaired) electrons. The number of piperidine rings is 1. The lowest BCUT2D eigenvalue weighted by Gasteiger charge is -2.31. The van der Waals surface area contributed by atoms with Crippen LogP contribution in [0.25, 0.3) is 0 Å². The minimum Gasteiger partial charge on any atom is -0.379 e. The first kappa shape index (κ1) is 23.9. The molecular weight excluding hydrogens is 438 g/mol. The molecule has 2 aromatic rings. The van der Waals surface area contributed by atoms with Crippen molar-refractivity contribution in [3.05, 3.63) is 65.2 Å². The summed E-state index contributed by atoms with van der Waals surface area (Å²) >= 11 is 0. The van der Waals surface area contributed by atoms with E-state index in [0.717, 1.165) is 44.0 Å². The molecule has 2 aromatic carbocycles. The Morgan fingerprint density at radius 2 is 1.79 bits per heavy atom. The smallest absolute Gasteiger partial charge is 0.243 e. The van der Waals surface area contributed by atoms with Gasteiger partial charge in [0, 0.05) is 39.3 Å². The van der Waals surface area contributed by atoms with E-state index in [2.05, 4.69) is 22.3 Å². The van der Waals surface area contributed by atoms with Crippen molar-refractivity contribution in [1.29, 1.82) is 0 Å². The van der Waals surface area contributed by atoms with Gasteiger partial charge in [0.05, 0.1) is 24.0 Å². The van der Waals surface area contributed by atoms with Gasteiger partial charge in [-0.25, -0.2) is 8.42 Å². The van der Waals surface area contributed by atoms with Crippen molar-refractivity contribution in [1.82, 2.24) is 14.5 Å². The Balaban J connectivity index is 1.33. The summed E-state index contributed by atoms with van der Waals surface area (Å²) in [4.78, 5) is 15.5. The summed E-state index contributed by atoms with van der Waals surface area (Å²) in [5.74, 6) is -0.423. The number of hydrogen-bond acceptors (Lipinski definition) is 5. The first-order valence-corrected chi connectivity index (χ1v) is 13.1. The Labute approximate surface area is 196 Å². The largest absolute Gasteiger partial charge is 0.379 e. The fraction of sp³-hybridized carbons (Fsp3) is 0.480. The van der Waals surface area contributed by atoms with Gasteiger partial charge in [0.1, 0.15) is 0 Å². The highest BCUT2D eigenvalue weighted by molar-refractivity contribution is 7.89. The zero-order chi connectivity index (χ0) is 23.3. The van der Waals surface area contributed by atoms with E-state index in [-0.39, 0.29) is 23.3 Å². The molecule has 4 rings (SSSR count). The van der Waals surface area contributed by atoms with Gasteiger partial charge >= 0.3 is 0 Å². The number of nitrogens with one attached hydrogen (secondary N) is 1. The number of carbonyl (C=O) groups excluding carboxylic acids is 1. The van der Waals surface area contributed by atoms with Gasteiger partial charge in [0.25, 0.3) is 0 Å². The Kier molecular flexibility index (Phi) is 7.80. The second kappa shape index (κ2) is 10.8. The van der Waals surface area contributed by atoms with Crippen LogP contribution in [-0.2, 0) is 32.6 Å². The molecule has 0 aromatic heterocycles. The van der Waals surface area contributed by atoms with Gasteiger partial charge in [0.2, 0.25) is 15.9 Å². The number of morpholine rings is 1. The third-order valence-corrected chi connectivity index (χ3v) is 8.26. The van der Waals surface area contributed by atoms with Gasteiger partial charge in [-0.1, -0.05) is 42.0 Å². The van der Waals surface area contributed by atoms with Crippen molar-refractivity contribution >= 4 is 15.9 Å². The number of aryl methyl sites for hydroxylation is 1. The lowest BCUT2D eigenvalue weighted by Crippen LogP contribution is -2.45. The minimum atomic E-state index is -3.59. The predicted octanol–water partition coefficient (Wildman–Crippen LogP) is 2.54. The SMILES string of the molecule is Cc1ccc(S(=O)(=O)N2CCC[C@H](C(=O)NCc3cccc(CN4CCOCC4)c3)C2)cc1. The average molecular weight is 472 g/mol. The second-order valence-electron chi connectivity index (χ2n) is 8.94. The highest BCUT2D eigenvalue weighted by atomic mass is 32.2. The molecule has 1 atom stereocenters. The number of carbonyl (C=O) groups is 1. The van der Waals surface area contributed by atoms with Crippen LogP contribution in [0.15, 0.2) is 53.4 Å². The van der Waals surface area contributed by atoms with Crippen LogP contribution in [0.5, 0.6) is 0 Å². The van der Waals surface area contributed by atoms with Crippen molar-refractivity contribution in [2.45, 2.75) is 37.8 Å². The van der Waals surface area contributed by atoms with Crippen molar-refractivity contribution in [3.63, 3.8) is 0 Å². The van der Waals surface area contributed by atoms with Crippen molar-refractivity contribution in [3.8, 4) is 0 Å². The van der Waals surface area contributed by atoms with E-state index in [0.29, 0.717) is 25.9 Å². The molecular formula is C25H33N3O4S. The number of hydrogen-bond donors (Lipinski definition) is 1. The third-order valence-electron chi connectivity index (χ3n) is 6.38. The molecule has 0 unspecified atom stereocenters. The van der Waals surface area contributed by atoms with E-state index < -0.39 is 10.0 Å². The normalized spacial score (nSPS) is 20.5. The van der Waals surface area contributed by atoms with Crippen LogP contribution < -0.4 is 5.32 Å². The topological polar surface area (TPSA) is 79.0 Å². The van der Waals surface area contributed by atoms with E-state index in [9.17, 15) is 13.2 Å². The van der Waals surface area contributed by atoms with Crippen molar-refractivity contribution < 1.29 is 17.9 Å². The Bertz CT molecular complexity index is 1050. The van der Waals surface area contributed by atoms with Gasteiger partial charge in [-0.15, -0.1) is 0 Å². The summed E-state index contributed by atoms with van der Waals surface area (Å²) < 4.78 is 32.9. The number of sulfonamides is 1. The Hall–Kier alpha value is -2.26. The maximum atomic E-state index is 13.0. The molecule has 2 fully saturated rings. The molecule has 0 bridgehead atoms. The van der Waals surface area contributed by atoms with Crippen LogP contribution in [0.1, 0.15) is 29.5 Å². The molecule has 0 aliphatic carbocycles. The molecule has 1 N–H and O–H groups in total. The van der Waals surface area contributed by atoms with Crippen molar-refractivity contribution in [2.24, 2.45) is 5.92 Å². The zero-order valence-electron chi connectivity index (χ0n) is 19.2. The van der Waals surface area contributed by atoms with E-state index in [1.54, 1.807) is 24.3 Å². The maximum absolute atomic E-state index is 13.0. The first-order chi connectivity index (χ1) is 15.9. The maximum Gasteiger partial charge on any atom is 0.243 e. The molecule has 0 spiro atoms. The van der Waals surface area contributed by atoms with Gasteiger partial charge in [-0.05, 0) is 43.0 Å². The monoisotopic (exact) mass is 471 g/mol. The lowest BCUT2D eigenvalue weighted by atomic mass is 9.98. The summed E-state index contributed by atoms with van der Waals surface area (Å²) in [5, 5.41) is 3.02. The molecule has 8 heteroatoms. The zero-order valence-corrected chi connectivity index (χ0v) is 20.0. The number of ether oxygens (including phenoxy) is 1. The summed E-state index contributed by atoms with van der Waals surface area (Å²) in [6.45, 7) is 7.33. The first-order valence-electron chi connectivity index (χ1n) is 11.6. The number of nitrogens with zero attached hydrogens (tertiary/aromatic N) is 2. The molecule has 2 aliphatic heterocycles. The summed E-state index contributed by atoms with van der Waals surface area (Å²) in [6.07, 6.45) is 1.38. The Morgan fingerprint density at radius 1 is 1.06 bits per heavy atom. The predicted molar refractivity (Wildman–Crippen MR) is 127 cm³/mol. The molecule has 178 valence electrons. The van der Waals surface area contributed by atoms with Gasteiger partial charge in [-0.2, -0.15) is 4.31 Å². The summed E-state index contributed by atoms with van der Waals surface area (Å²) in [5.41, 5.74) is 3.28. The summed E-state index contributed by atoms with van der Waals surface area (Å²) in [6, 6.07) is 15.1. The molecule has 2 heterocycles. The van der Waals surface area contributed by atoms with Crippen LogP contribution in [-0.4, -0.2) is 62.9 Å². The van der Waals surface area contributed by atoms with Crippen LogP contribution >= 0.6 is 0 Å². The fourth-order valence-electron chi connectivity index (χ4n) is 4.42. The number of amides is 1. The van der Waals surface area contributed by atoms with E-state index in [1.807, 2.05) is 19.1 Å². The third kappa shape index (κ3) is 6.20. The average Bonchev–Trinajstić information content (AvgIpc) is 2.84. The molecule has 1 amide bonds. The van der Waals surface area contributed by atoms with Crippen molar-refractivity contribution in [2.75, 3.05) is 39.4 Å². The standard InChI is InChI=1S/C25H33N3O4S/c1-20-7-9-24(10-8-20)33(30,31)28-11-3-6-23(19-28)25(29)26-17-21-4-2-5-22(16-21)18-27-12-14-32-15-13-27/h2,4-5,7-10,16,23H,3,6,11-15,17-19H2,1H3,(H,26,29)/t23-/m0/s1. The van der Waals surface area contributed by atoms with E-state index >= 15 is 0 Å². The molecule has 33 heavy (non-hydrogen) atoms. The highest BCUT2D eigenvalue weighted by Gasteiger charge is 2.33. The van der Waals surface area contributed by atoms with Crippen LogP contribution in [0.4, 0.5) is 0 Å². The molecule has 7 nitrogen and oxygen atoms in total. The summed E-state index contributed by atoms with van der Waals surface area (Å²) in [7, 11) is -3.59. The molecule has 0 saturated carbocycles. The quantitative estimate of drug-likeness (QED) is 0.672. The highest BCUT2D eigenvalue weighted by Crippen LogP contribution is 2.24. The number of benzene rings is 2. The molecule has 2 saturated heterocycles. The van der Waals surface area contributed by atoms with Gasteiger partial charge < -0.3 is 10.1 Å². The number of rotatable bonds is 7. The van der Waals surface area contributed by atoms with E-state index in [1.165, 1.54) is 9.87 Å². The van der Waals surface area contributed by atoms with Gasteiger partial charge in [0.15, 0.2) is 0 Å². The second-order valence-corrected chi connectivity index (χ2v) is 10.9. The van der Waals surface area contributed by atoms with E-state index in [4.69, 9.17) is 4.74 Å².